The maximum absolute atomic E-state index is 13.0. The molecule has 1 saturated heterocycles. The van der Waals surface area contributed by atoms with E-state index in [1.54, 1.807) is 58.3 Å². The highest BCUT2D eigenvalue weighted by atomic mass is 35.5. The zero-order chi connectivity index (χ0) is 22.7. The van der Waals surface area contributed by atoms with Crippen molar-refractivity contribution in [1.82, 2.24) is 4.90 Å². The summed E-state index contributed by atoms with van der Waals surface area (Å²) in [5, 5.41) is 0.646. The molecule has 0 aliphatic carbocycles. The average Bonchev–Trinajstić information content (AvgIpc) is 2.76. The molecule has 1 aliphatic heterocycles. The molecule has 0 radical (unpaired) electrons. The highest BCUT2D eigenvalue weighted by Gasteiger charge is 2.27. The minimum Gasteiger partial charge on any atom is -0.320 e. The van der Waals surface area contributed by atoms with Crippen molar-refractivity contribution in [2.24, 2.45) is 0 Å². The second kappa shape index (κ2) is 9.22. The van der Waals surface area contributed by atoms with Gasteiger partial charge in [-0.25, -0.2) is 13.2 Å². The van der Waals surface area contributed by atoms with Crippen LogP contribution in [0.1, 0.15) is 17.5 Å². The molecule has 1 N–H and O–H groups in total. The van der Waals surface area contributed by atoms with Gasteiger partial charge in [0.05, 0.1) is 4.90 Å². The molecular formula is C24H24ClN3O3S. The van der Waals surface area contributed by atoms with Crippen LogP contribution in [0.2, 0.25) is 5.02 Å². The third kappa shape index (κ3) is 5.06. The van der Waals surface area contributed by atoms with E-state index in [-0.39, 0.29) is 10.9 Å². The Morgan fingerprint density at radius 3 is 2.38 bits per heavy atom. The number of amides is 2. The Balaban J connectivity index is 1.46. The van der Waals surface area contributed by atoms with Gasteiger partial charge in [0.25, 0.3) is 10.0 Å². The molecule has 0 spiro atoms. The van der Waals surface area contributed by atoms with E-state index >= 15 is 0 Å². The van der Waals surface area contributed by atoms with Gasteiger partial charge in [-0.05, 0) is 67.4 Å². The number of aryl methyl sites for hydroxylation is 1. The second-order valence-corrected chi connectivity index (χ2v) is 9.92. The number of hydrogen-bond donors (Lipinski definition) is 1. The molecule has 0 atom stereocenters. The molecule has 0 bridgehead atoms. The molecule has 166 valence electrons. The number of nitrogens with one attached hydrogen (secondary N) is 1. The Morgan fingerprint density at radius 1 is 0.969 bits per heavy atom. The van der Waals surface area contributed by atoms with Crippen LogP contribution in [-0.2, 0) is 16.6 Å². The van der Waals surface area contributed by atoms with Gasteiger partial charge in [0.2, 0.25) is 0 Å². The van der Waals surface area contributed by atoms with E-state index in [0.717, 1.165) is 23.2 Å². The number of benzene rings is 3. The van der Waals surface area contributed by atoms with Crippen molar-refractivity contribution in [3.05, 3.63) is 88.9 Å². The Hall–Kier alpha value is -3.03. The van der Waals surface area contributed by atoms with Gasteiger partial charge in [-0.1, -0.05) is 41.4 Å². The van der Waals surface area contributed by atoms with Gasteiger partial charge >= 0.3 is 6.03 Å². The van der Waals surface area contributed by atoms with Crippen LogP contribution in [0.4, 0.5) is 16.2 Å². The lowest BCUT2D eigenvalue weighted by molar-refractivity contribution is 0.192. The third-order valence-electron chi connectivity index (χ3n) is 5.34. The molecule has 4 rings (SSSR count). The van der Waals surface area contributed by atoms with E-state index in [2.05, 4.69) is 4.72 Å². The van der Waals surface area contributed by atoms with Gasteiger partial charge < -0.3 is 4.90 Å². The van der Waals surface area contributed by atoms with E-state index in [1.165, 1.54) is 0 Å². The number of carbonyl (C=O) groups is 1. The quantitative estimate of drug-likeness (QED) is 0.533. The summed E-state index contributed by atoms with van der Waals surface area (Å²) >= 11 is 6.07. The summed E-state index contributed by atoms with van der Waals surface area (Å²) in [5.41, 5.74) is 3.14. The zero-order valence-corrected chi connectivity index (χ0v) is 19.2. The Morgan fingerprint density at radius 2 is 1.69 bits per heavy atom. The monoisotopic (exact) mass is 469 g/mol. The Bertz CT molecular complexity index is 1210. The molecule has 2 amide bonds. The summed E-state index contributed by atoms with van der Waals surface area (Å²) in [6.45, 7) is 3.68. The zero-order valence-electron chi connectivity index (χ0n) is 17.7. The van der Waals surface area contributed by atoms with Gasteiger partial charge in [-0.2, -0.15) is 0 Å². The highest BCUT2D eigenvalue weighted by Crippen LogP contribution is 2.25. The molecule has 3 aromatic rings. The van der Waals surface area contributed by atoms with E-state index < -0.39 is 10.0 Å². The summed E-state index contributed by atoms with van der Waals surface area (Å²) in [6, 6.07) is 20.9. The van der Waals surface area contributed by atoms with Crippen LogP contribution in [0.15, 0.2) is 77.7 Å². The number of nitrogens with zero attached hydrogens (tertiary/aromatic N) is 2. The molecule has 0 unspecified atom stereocenters. The fraction of sp³-hybridized carbons (Fsp3) is 0.208. The van der Waals surface area contributed by atoms with Crippen LogP contribution < -0.4 is 9.62 Å². The standard InChI is InChI=1S/C24H24ClN3O3S/c1-18-6-12-23(13-7-18)32(30,31)26-21-8-10-22(11-9-21)28-15-3-14-27(24(28)29)17-19-4-2-5-20(25)16-19/h2,4-13,16,26H,3,14-15,17H2,1H3. The molecule has 0 aromatic heterocycles. The summed E-state index contributed by atoms with van der Waals surface area (Å²) in [5.74, 6) is 0. The lowest BCUT2D eigenvalue weighted by Crippen LogP contribution is -2.49. The fourth-order valence-electron chi connectivity index (χ4n) is 3.66. The SMILES string of the molecule is Cc1ccc(S(=O)(=O)Nc2ccc(N3CCCN(Cc4cccc(Cl)c4)C3=O)cc2)cc1. The smallest absolute Gasteiger partial charge is 0.320 e. The van der Waals surface area contributed by atoms with Crippen molar-refractivity contribution in [1.29, 1.82) is 0 Å². The summed E-state index contributed by atoms with van der Waals surface area (Å²) in [7, 11) is -3.68. The predicted octanol–water partition coefficient (Wildman–Crippen LogP) is 5.28. The number of halogens is 1. The molecule has 3 aromatic carbocycles. The van der Waals surface area contributed by atoms with Gasteiger partial charge in [0.15, 0.2) is 0 Å². The van der Waals surface area contributed by atoms with Crippen LogP contribution >= 0.6 is 11.6 Å². The van der Waals surface area contributed by atoms with E-state index in [1.807, 2.05) is 31.2 Å². The number of sulfonamides is 1. The number of urea groups is 1. The van der Waals surface area contributed by atoms with Gasteiger partial charge in [0, 0.05) is 36.0 Å². The molecule has 1 heterocycles. The van der Waals surface area contributed by atoms with Gasteiger partial charge in [-0.3, -0.25) is 9.62 Å². The molecular weight excluding hydrogens is 446 g/mol. The van der Waals surface area contributed by atoms with Crippen molar-refractivity contribution in [2.45, 2.75) is 24.8 Å². The molecule has 32 heavy (non-hydrogen) atoms. The Labute approximate surface area is 193 Å². The van der Waals surface area contributed by atoms with Crippen molar-refractivity contribution in [2.75, 3.05) is 22.7 Å². The first-order valence-corrected chi connectivity index (χ1v) is 12.2. The average molecular weight is 470 g/mol. The minimum atomic E-state index is -3.68. The molecule has 1 aliphatic rings. The first-order valence-electron chi connectivity index (χ1n) is 10.3. The molecule has 6 nitrogen and oxygen atoms in total. The van der Waals surface area contributed by atoms with E-state index in [0.29, 0.717) is 30.3 Å². The lowest BCUT2D eigenvalue weighted by atomic mass is 10.2. The second-order valence-electron chi connectivity index (χ2n) is 7.80. The van der Waals surface area contributed by atoms with E-state index in [4.69, 9.17) is 11.6 Å². The van der Waals surface area contributed by atoms with Crippen LogP contribution in [0.5, 0.6) is 0 Å². The van der Waals surface area contributed by atoms with Crippen LogP contribution in [0.25, 0.3) is 0 Å². The van der Waals surface area contributed by atoms with Crippen LogP contribution in [-0.4, -0.2) is 32.4 Å². The molecule has 1 fully saturated rings. The third-order valence-corrected chi connectivity index (χ3v) is 6.97. The number of hydrogen-bond acceptors (Lipinski definition) is 3. The normalized spacial score (nSPS) is 14.5. The summed E-state index contributed by atoms with van der Waals surface area (Å²) in [6.07, 6.45) is 0.841. The predicted molar refractivity (Wildman–Crippen MR) is 128 cm³/mol. The van der Waals surface area contributed by atoms with Crippen molar-refractivity contribution < 1.29 is 13.2 Å². The number of rotatable bonds is 6. The van der Waals surface area contributed by atoms with Crippen molar-refractivity contribution in [3.8, 4) is 0 Å². The van der Waals surface area contributed by atoms with Crippen LogP contribution in [0.3, 0.4) is 0 Å². The van der Waals surface area contributed by atoms with Crippen molar-refractivity contribution >= 4 is 39.0 Å². The topological polar surface area (TPSA) is 69.7 Å². The minimum absolute atomic E-state index is 0.0794. The van der Waals surface area contributed by atoms with Crippen LogP contribution in [0, 0.1) is 6.92 Å². The van der Waals surface area contributed by atoms with Crippen molar-refractivity contribution in [3.63, 3.8) is 0 Å². The van der Waals surface area contributed by atoms with Gasteiger partial charge in [-0.15, -0.1) is 0 Å². The fourth-order valence-corrected chi connectivity index (χ4v) is 4.94. The highest BCUT2D eigenvalue weighted by molar-refractivity contribution is 7.92. The van der Waals surface area contributed by atoms with E-state index in [9.17, 15) is 13.2 Å². The summed E-state index contributed by atoms with van der Waals surface area (Å²) < 4.78 is 27.8. The maximum Gasteiger partial charge on any atom is 0.324 e. The lowest BCUT2D eigenvalue weighted by Gasteiger charge is -2.35. The van der Waals surface area contributed by atoms with Gasteiger partial charge in [0.1, 0.15) is 0 Å². The Kier molecular flexibility index (Phi) is 6.39. The number of carbonyl (C=O) groups excluding carboxylic acids is 1. The number of anilines is 2. The molecule has 0 saturated carbocycles. The maximum atomic E-state index is 13.0. The first-order chi connectivity index (χ1) is 15.3. The first kappa shape index (κ1) is 22.2. The largest absolute Gasteiger partial charge is 0.324 e. The molecule has 8 heteroatoms. The summed E-state index contributed by atoms with van der Waals surface area (Å²) in [4.78, 5) is 16.8.